The summed E-state index contributed by atoms with van der Waals surface area (Å²) in [5.41, 5.74) is 2.67. The predicted molar refractivity (Wildman–Crippen MR) is 114 cm³/mol. The van der Waals surface area contributed by atoms with E-state index in [-0.39, 0.29) is 24.3 Å². The van der Waals surface area contributed by atoms with E-state index in [9.17, 15) is 14.0 Å². The van der Waals surface area contributed by atoms with Crippen LogP contribution in [0.3, 0.4) is 0 Å². The number of nitriles is 1. The van der Waals surface area contributed by atoms with Crippen LogP contribution in [0.1, 0.15) is 28.4 Å². The first-order chi connectivity index (χ1) is 14.4. The molecule has 0 saturated heterocycles. The van der Waals surface area contributed by atoms with Crippen LogP contribution in [-0.2, 0) is 9.53 Å². The number of hydrazone groups is 1. The number of esters is 1. The Bertz CT molecular complexity index is 1020. The van der Waals surface area contributed by atoms with E-state index in [2.05, 4.69) is 10.5 Å². The fourth-order valence-corrected chi connectivity index (χ4v) is 3.06. The molecule has 30 heavy (non-hydrogen) atoms. The predicted octanol–water partition coefficient (Wildman–Crippen LogP) is 3.02. The fraction of sp³-hybridized carbons (Fsp3) is 0.200. The normalized spacial score (nSPS) is 10.4. The van der Waals surface area contributed by atoms with Gasteiger partial charge in [0.05, 0.1) is 40.7 Å². The lowest BCUT2D eigenvalue weighted by molar-refractivity contribution is -0.145. The third kappa shape index (κ3) is 6.15. The first-order valence-corrected chi connectivity index (χ1v) is 9.66. The maximum Gasteiger partial charge on any atom is 0.344 e. The fourth-order valence-electron chi connectivity index (χ4n) is 2.28. The Morgan fingerprint density at radius 1 is 1.33 bits per heavy atom. The van der Waals surface area contributed by atoms with Crippen molar-refractivity contribution in [3.8, 4) is 17.6 Å². The highest BCUT2D eigenvalue weighted by Gasteiger charge is 2.14. The van der Waals surface area contributed by atoms with E-state index in [0.717, 1.165) is 6.07 Å². The molecule has 2 rings (SSSR count). The average Bonchev–Trinajstić information content (AvgIpc) is 2.72. The van der Waals surface area contributed by atoms with Crippen LogP contribution in [-0.4, -0.2) is 38.4 Å². The number of carbonyl (C=O) groups excluding carboxylic acids is 2. The summed E-state index contributed by atoms with van der Waals surface area (Å²) in [5.74, 6) is -1.35. The highest BCUT2D eigenvalue weighted by molar-refractivity contribution is 14.1. The number of nitrogens with zero attached hydrogens (tertiary/aromatic N) is 2. The number of methoxy groups -OCH3 is 1. The van der Waals surface area contributed by atoms with E-state index >= 15 is 0 Å². The second-order valence-electron chi connectivity index (χ2n) is 5.63. The molecule has 156 valence electrons. The molecule has 0 aliphatic rings. The Morgan fingerprint density at radius 2 is 2.10 bits per heavy atom. The molecule has 0 bridgehead atoms. The van der Waals surface area contributed by atoms with Gasteiger partial charge < -0.3 is 14.2 Å². The van der Waals surface area contributed by atoms with Gasteiger partial charge in [-0.15, -0.1) is 0 Å². The van der Waals surface area contributed by atoms with Crippen molar-refractivity contribution < 1.29 is 28.2 Å². The molecule has 0 saturated carbocycles. The number of halogens is 2. The molecule has 0 aromatic heterocycles. The summed E-state index contributed by atoms with van der Waals surface area (Å²) in [5, 5.41) is 12.6. The van der Waals surface area contributed by atoms with Crippen LogP contribution < -0.4 is 14.9 Å². The van der Waals surface area contributed by atoms with Gasteiger partial charge in [-0.1, -0.05) is 0 Å². The number of hydrogen-bond donors (Lipinski definition) is 1. The Kier molecular flexibility index (Phi) is 8.54. The zero-order chi connectivity index (χ0) is 22.1. The molecule has 8 nitrogen and oxygen atoms in total. The molecule has 0 aliphatic heterocycles. The molecule has 10 heteroatoms. The molecule has 0 radical (unpaired) electrons. The van der Waals surface area contributed by atoms with Crippen LogP contribution in [0.15, 0.2) is 35.4 Å². The molecule has 0 heterocycles. The zero-order valence-corrected chi connectivity index (χ0v) is 18.2. The summed E-state index contributed by atoms with van der Waals surface area (Å²) < 4.78 is 30.1. The maximum absolute atomic E-state index is 13.9. The molecule has 0 unspecified atom stereocenters. The van der Waals surface area contributed by atoms with Gasteiger partial charge in [-0.3, -0.25) is 4.79 Å². The third-order valence-electron chi connectivity index (χ3n) is 3.61. The highest BCUT2D eigenvalue weighted by Crippen LogP contribution is 2.33. The quantitative estimate of drug-likeness (QED) is 0.246. The standard InChI is InChI=1S/C20H17FIN3O5/c1-3-29-18(26)11-30-19-16(22)7-13(8-17(19)28-2)10-24-25-20(27)14-5-4-12(9-23)6-15(14)21/h4-8,10H,3,11H2,1-2H3,(H,25,27)/b24-10+. The summed E-state index contributed by atoms with van der Waals surface area (Å²) in [6.07, 6.45) is 1.35. The van der Waals surface area contributed by atoms with Crippen LogP contribution in [0.25, 0.3) is 0 Å². The van der Waals surface area contributed by atoms with E-state index in [1.807, 2.05) is 22.6 Å². The third-order valence-corrected chi connectivity index (χ3v) is 4.42. The van der Waals surface area contributed by atoms with Gasteiger partial charge in [-0.05, 0) is 65.4 Å². The largest absolute Gasteiger partial charge is 0.493 e. The Morgan fingerprint density at radius 3 is 2.73 bits per heavy atom. The van der Waals surface area contributed by atoms with Gasteiger partial charge in [0.25, 0.3) is 5.91 Å². The van der Waals surface area contributed by atoms with Crippen molar-refractivity contribution in [1.29, 1.82) is 5.26 Å². The monoisotopic (exact) mass is 525 g/mol. The summed E-state index contributed by atoms with van der Waals surface area (Å²) in [4.78, 5) is 23.5. The Hall–Kier alpha value is -3.20. The van der Waals surface area contributed by atoms with E-state index < -0.39 is 17.7 Å². The van der Waals surface area contributed by atoms with Crippen LogP contribution in [0.2, 0.25) is 0 Å². The van der Waals surface area contributed by atoms with Gasteiger partial charge in [0.1, 0.15) is 5.82 Å². The number of hydrogen-bond acceptors (Lipinski definition) is 7. The van der Waals surface area contributed by atoms with E-state index in [1.165, 1.54) is 25.5 Å². The molecule has 0 spiro atoms. The van der Waals surface area contributed by atoms with Gasteiger partial charge in [0.15, 0.2) is 18.1 Å². The lowest BCUT2D eigenvalue weighted by Crippen LogP contribution is -2.19. The van der Waals surface area contributed by atoms with Crippen LogP contribution in [0.4, 0.5) is 4.39 Å². The van der Waals surface area contributed by atoms with Crippen molar-refractivity contribution >= 4 is 40.7 Å². The lowest BCUT2D eigenvalue weighted by atomic mass is 10.1. The minimum atomic E-state index is -0.818. The minimum absolute atomic E-state index is 0.111. The first kappa shape index (κ1) is 23.1. The van der Waals surface area contributed by atoms with Gasteiger partial charge in [0, 0.05) is 0 Å². The second-order valence-corrected chi connectivity index (χ2v) is 6.80. The Labute approximate surface area is 185 Å². The topological polar surface area (TPSA) is 110 Å². The number of amides is 1. The number of benzene rings is 2. The maximum atomic E-state index is 13.9. The van der Waals surface area contributed by atoms with Crippen molar-refractivity contribution in [2.24, 2.45) is 5.10 Å². The summed E-state index contributed by atoms with van der Waals surface area (Å²) in [7, 11) is 1.44. The molecule has 0 aliphatic carbocycles. The van der Waals surface area contributed by atoms with E-state index in [4.69, 9.17) is 19.5 Å². The molecule has 1 N–H and O–H groups in total. The molecular formula is C20H17FIN3O5. The second kappa shape index (κ2) is 11.1. The molecule has 2 aromatic rings. The summed E-state index contributed by atoms with van der Waals surface area (Å²) >= 11 is 2.01. The molecular weight excluding hydrogens is 508 g/mol. The summed E-state index contributed by atoms with van der Waals surface area (Å²) in [6, 6.07) is 8.60. The zero-order valence-electron chi connectivity index (χ0n) is 16.1. The number of ether oxygens (including phenoxy) is 3. The van der Waals surface area contributed by atoms with Crippen molar-refractivity contribution in [1.82, 2.24) is 5.43 Å². The number of carbonyl (C=O) groups is 2. The van der Waals surface area contributed by atoms with Crippen molar-refractivity contribution in [3.05, 3.63) is 56.4 Å². The first-order valence-electron chi connectivity index (χ1n) is 8.58. The van der Waals surface area contributed by atoms with Gasteiger partial charge in [0.2, 0.25) is 0 Å². The van der Waals surface area contributed by atoms with Crippen molar-refractivity contribution in [3.63, 3.8) is 0 Å². The molecule has 1 amide bonds. The van der Waals surface area contributed by atoms with Crippen LogP contribution >= 0.6 is 22.6 Å². The van der Waals surface area contributed by atoms with E-state index in [0.29, 0.717) is 20.6 Å². The average molecular weight is 525 g/mol. The van der Waals surface area contributed by atoms with Gasteiger partial charge in [-0.2, -0.15) is 10.4 Å². The van der Waals surface area contributed by atoms with Crippen LogP contribution in [0, 0.1) is 20.7 Å². The summed E-state index contributed by atoms with van der Waals surface area (Å²) in [6.45, 7) is 1.69. The minimum Gasteiger partial charge on any atom is -0.493 e. The van der Waals surface area contributed by atoms with E-state index in [1.54, 1.807) is 25.1 Å². The van der Waals surface area contributed by atoms with Gasteiger partial charge in [-0.25, -0.2) is 14.6 Å². The van der Waals surface area contributed by atoms with Crippen molar-refractivity contribution in [2.45, 2.75) is 6.92 Å². The van der Waals surface area contributed by atoms with Gasteiger partial charge >= 0.3 is 5.97 Å². The molecule has 0 atom stereocenters. The molecule has 2 aromatic carbocycles. The number of rotatable bonds is 8. The van der Waals surface area contributed by atoms with Crippen molar-refractivity contribution in [2.75, 3.05) is 20.3 Å². The Balaban J connectivity index is 2.10. The lowest BCUT2D eigenvalue weighted by Gasteiger charge is -2.13. The SMILES string of the molecule is CCOC(=O)COc1c(I)cc(/C=N/NC(=O)c2ccc(C#N)cc2F)cc1OC. The number of nitrogens with one attached hydrogen (secondary N) is 1. The molecule has 0 fully saturated rings. The van der Waals surface area contributed by atoms with Crippen LogP contribution in [0.5, 0.6) is 11.5 Å². The highest BCUT2D eigenvalue weighted by atomic mass is 127. The smallest absolute Gasteiger partial charge is 0.344 e.